The number of rotatable bonds is 0. The van der Waals surface area contributed by atoms with Gasteiger partial charge in [-0.2, -0.15) is 0 Å². The standard InChI is InChI=1S/C9H14N2O2/c1-8-4-5-9(2,6(12)10-8)11(3)7(8)13/h4-5H2,1-3H3,(H,10,12). The van der Waals surface area contributed by atoms with E-state index in [9.17, 15) is 9.59 Å². The second-order valence-electron chi connectivity index (χ2n) is 4.42. The molecule has 3 saturated heterocycles. The largest absolute Gasteiger partial charge is 0.340 e. The number of fused-ring (bicyclic) bond motifs is 3. The third kappa shape index (κ3) is 0.806. The Hall–Kier alpha value is -1.06. The van der Waals surface area contributed by atoms with Gasteiger partial charge < -0.3 is 10.2 Å². The highest BCUT2D eigenvalue weighted by atomic mass is 16.2. The molecule has 72 valence electrons. The van der Waals surface area contributed by atoms with E-state index < -0.39 is 11.1 Å². The number of piperazine rings is 1. The fraction of sp³-hybridized carbons (Fsp3) is 0.778. The molecule has 0 aliphatic carbocycles. The maximum absolute atomic E-state index is 11.8. The molecule has 4 heteroatoms. The van der Waals surface area contributed by atoms with Gasteiger partial charge in [-0.3, -0.25) is 9.59 Å². The second kappa shape index (κ2) is 2.05. The number of hydrogen-bond donors (Lipinski definition) is 1. The molecule has 1 N–H and O–H groups in total. The van der Waals surface area contributed by atoms with Crippen LogP contribution in [0.3, 0.4) is 0 Å². The Morgan fingerprint density at radius 2 is 1.92 bits per heavy atom. The molecule has 3 aliphatic rings. The smallest absolute Gasteiger partial charge is 0.248 e. The maximum Gasteiger partial charge on any atom is 0.248 e. The number of hydrogen-bond acceptors (Lipinski definition) is 2. The minimum absolute atomic E-state index is 0.0247. The Balaban J connectivity index is 2.48. The minimum Gasteiger partial charge on any atom is -0.340 e. The molecular weight excluding hydrogens is 168 g/mol. The summed E-state index contributed by atoms with van der Waals surface area (Å²) in [6.45, 7) is 3.61. The molecule has 2 unspecified atom stereocenters. The molecule has 3 heterocycles. The predicted molar refractivity (Wildman–Crippen MR) is 47.0 cm³/mol. The maximum atomic E-state index is 11.8. The van der Waals surface area contributed by atoms with E-state index in [1.165, 1.54) is 0 Å². The Labute approximate surface area is 77.3 Å². The average Bonchev–Trinajstić information content (AvgIpc) is 2.07. The van der Waals surface area contributed by atoms with E-state index in [-0.39, 0.29) is 11.8 Å². The van der Waals surface area contributed by atoms with Gasteiger partial charge in [-0.25, -0.2) is 0 Å². The molecule has 0 aromatic rings. The van der Waals surface area contributed by atoms with Gasteiger partial charge in [0, 0.05) is 7.05 Å². The van der Waals surface area contributed by atoms with Gasteiger partial charge in [0.05, 0.1) is 0 Å². The molecule has 4 nitrogen and oxygen atoms in total. The van der Waals surface area contributed by atoms with E-state index in [0.717, 1.165) is 12.8 Å². The molecule has 0 aromatic heterocycles. The molecule has 0 saturated carbocycles. The van der Waals surface area contributed by atoms with Gasteiger partial charge in [0.2, 0.25) is 11.8 Å². The average molecular weight is 182 g/mol. The minimum atomic E-state index is -0.649. The summed E-state index contributed by atoms with van der Waals surface area (Å²) in [5.41, 5.74) is -1.27. The third-order valence-corrected chi connectivity index (χ3v) is 3.51. The van der Waals surface area contributed by atoms with Crippen molar-refractivity contribution in [1.29, 1.82) is 0 Å². The van der Waals surface area contributed by atoms with Crippen molar-refractivity contribution in [3.63, 3.8) is 0 Å². The zero-order valence-electron chi connectivity index (χ0n) is 8.18. The number of carbonyl (C=O) groups excluding carboxylic acids is 2. The summed E-state index contributed by atoms with van der Waals surface area (Å²) >= 11 is 0. The number of likely N-dealkylation sites (N-methyl/N-ethyl adjacent to an activating group) is 1. The summed E-state index contributed by atoms with van der Waals surface area (Å²) in [5.74, 6) is 0.00389. The predicted octanol–water partition coefficient (Wildman–Crippen LogP) is -0.114. The van der Waals surface area contributed by atoms with Crippen LogP contribution in [-0.2, 0) is 9.59 Å². The molecule has 0 aromatic carbocycles. The Kier molecular flexibility index (Phi) is 1.35. The third-order valence-electron chi connectivity index (χ3n) is 3.51. The first-order chi connectivity index (χ1) is 5.90. The molecule has 2 bridgehead atoms. The van der Waals surface area contributed by atoms with E-state index in [2.05, 4.69) is 5.32 Å². The summed E-state index contributed by atoms with van der Waals surface area (Å²) in [5, 5.41) is 2.78. The molecule has 2 atom stereocenters. The normalized spacial score (nSPS) is 43.8. The lowest BCUT2D eigenvalue weighted by molar-refractivity contribution is -0.167. The summed E-state index contributed by atoms with van der Waals surface area (Å²) in [7, 11) is 1.71. The van der Waals surface area contributed by atoms with Crippen LogP contribution in [0.25, 0.3) is 0 Å². The van der Waals surface area contributed by atoms with Crippen LogP contribution in [0.2, 0.25) is 0 Å². The lowest BCUT2D eigenvalue weighted by Gasteiger charge is -2.54. The summed E-state index contributed by atoms with van der Waals surface area (Å²) in [6.07, 6.45) is 1.51. The Morgan fingerprint density at radius 1 is 1.31 bits per heavy atom. The van der Waals surface area contributed by atoms with Crippen LogP contribution in [-0.4, -0.2) is 34.8 Å². The van der Waals surface area contributed by atoms with Gasteiger partial charge >= 0.3 is 0 Å². The van der Waals surface area contributed by atoms with Crippen LogP contribution in [0.15, 0.2) is 0 Å². The monoisotopic (exact) mass is 182 g/mol. The van der Waals surface area contributed by atoms with Crippen molar-refractivity contribution >= 4 is 11.8 Å². The quantitative estimate of drug-likeness (QED) is 0.568. The highest BCUT2D eigenvalue weighted by Gasteiger charge is 2.57. The van der Waals surface area contributed by atoms with Crippen molar-refractivity contribution in [3.8, 4) is 0 Å². The van der Waals surface area contributed by atoms with E-state index in [1.807, 2.05) is 6.92 Å². The van der Waals surface area contributed by atoms with Crippen molar-refractivity contribution in [2.75, 3.05) is 7.05 Å². The van der Waals surface area contributed by atoms with Crippen molar-refractivity contribution < 1.29 is 9.59 Å². The highest BCUT2D eigenvalue weighted by Crippen LogP contribution is 2.38. The van der Waals surface area contributed by atoms with E-state index in [0.29, 0.717) is 0 Å². The fourth-order valence-corrected chi connectivity index (χ4v) is 2.13. The van der Waals surface area contributed by atoms with Gasteiger partial charge in [-0.15, -0.1) is 0 Å². The van der Waals surface area contributed by atoms with Crippen molar-refractivity contribution in [3.05, 3.63) is 0 Å². The summed E-state index contributed by atoms with van der Waals surface area (Å²) in [4.78, 5) is 25.0. The zero-order chi connectivity index (χ0) is 9.85. The molecule has 0 radical (unpaired) electrons. The zero-order valence-corrected chi connectivity index (χ0v) is 8.18. The van der Waals surface area contributed by atoms with Gasteiger partial charge in [0.15, 0.2) is 0 Å². The van der Waals surface area contributed by atoms with Crippen LogP contribution in [0, 0.1) is 0 Å². The first kappa shape index (κ1) is 8.53. The van der Waals surface area contributed by atoms with Crippen LogP contribution >= 0.6 is 0 Å². The van der Waals surface area contributed by atoms with Crippen molar-refractivity contribution in [2.24, 2.45) is 0 Å². The Morgan fingerprint density at radius 3 is 2.46 bits per heavy atom. The number of amides is 2. The van der Waals surface area contributed by atoms with Crippen molar-refractivity contribution in [1.82, 2.24) is 10.2 Å². The summed E-state index contributed by atoms with van der Waals surface area (Å²) in [6, 6.07) is 0. The number of nitrogens with zero attached hydrogens (tertiary/aromatic N) is 1. The highest BCUT2D eigenvalue weighted by molar-refractivity contribution is 6.03. The number of piperidine rings is 2. The first-order valence-electron chi connectivity index (χ1n) is 4.51. The lowest BCUT2D eigenvalue weighted by Crippen LogP contribution is -2.77. The Bertz CT molecular complexity index is 302. The second-order valence-corrected chi connectivity index (χ2v) is 4.42. The van der Waals surface area contributed by atoms with Gasteiger partial charge in [0.1, 0.15) is 11.1 Å². The number of nitrogens with one attached hydrogen (secondary N) is 1. The first-order valence-corrected chi connectivity index (χ1v) is 4.51. The molecule has 0 spiro atoms. The lowest BCUT2D eigenvalue weighted by atomic mass is 9.74. The fourth-order valence-electron chi connectivity index (χ4n) is 2.13. The molecule has 3 fully saturated rings. The van der Waals surface area contributed by atoms with Gasteiger partial charge in [0.25, 0.3) is 0 Å². The number of carbonyl (C=O) groups is 2. The van der Waals surface area contributed by atoms with Crippen LogP contribution < -0.4 is 5.32 Å². The molecular formula is C9H14N2O2. The van der Waals surface area contributed by atoms with Crippen molar-refractivity contribution in [2.45, 2.75) is 37.8 Å². The summed E-state index contributed by atoms with van der Waals surface area (Å²) < 4.78 is 0. The van der Waals surface area contributed by atoms with E-state index in [1.54, 1.807) is 18.9 Å². The molecule has 3 aliphatic heterocycles. The topological polar surface area (TPSA) is 49.4 Å². The van der Waals surface area contributed by atoms with Crippen LogP contribution in [0.1, 0.15) is 26.7 Å². The SMILES string of the molecule is CN1C(=O)C2(C)CCC1(C)C(=O)N2. The van der Waals surface area contributed by atoms with Crippen LogP contribution in [0.5, 0.6) is 0 Å². The molecule has 3 rings (SSSR count). The van der Waals surface area contributed by atoms with Crippen LogP contribution in [0.4, 0.5) is 0 Å². The van der Waals surface area contributed by atoms with E-state index in [4.69, 9.17) is 0 Å². The van der Waals surface area contributed by atoms with E-state index >= 15 is 0 Å². The molecule has 2 amide bonds. The molecule has 13 heavy (non-hydrogen) atoms. The van der Waals surface area contributed by atoms with Gasteiger partial charge in [-0.05, 0) is 26.7 Å². The van der Waals surface area contributed by atoms with Gasteiger partial charge in [-0.1, -0.05) is 0 Å².